The van der Waals surface area contributed by atoms with Crippen LogP contribution in [0.25, 0.3) is 0 Å². The van der Waals surface area contributed by atoms with Crippen molar-refractivity contribution >= 4 is 0 Å². The summed E-state index contributed by atoms with van der Waals surface area (Å²) < 4.78 is 0. The smallest absolute Gasteiger partial charge is 0.133 e. The monoisotopic (exact) mass is 160 g/mol. The highest BCUT2D eigenvalue weighted by atomic mass is 15.6. The molecule has 0 bridgehead atoms. The van der Waals surface area contributed by atoms with Crippen molar-refractivity contribution in [2.45, 2.75) is 13.1 Å². The summed E-state index contributed by atoms with van der Waals surface area (Å²) in [6.45, 7) is 2.04. The van der Waals surface area contributed by atoms with Gasteiger partial charge in [-0.15, -0.1) is 10.2 Å². The van der Waals surface area contributed by atoms with Crippen LogP contribution in [0.4, 0.5) is 0 Å². The van der Waals surface area contributed by atoms with Crippen molar-refractivity contribution in [3.63, 3.8) is 0 Å². The normalized spacial score (nSPS) is 15.8. The molecular weight excluding hydrogens is 152 g/mol. The zero-order valence-electron chi connectivity index (χ0n) is 6.68. The molecule has 4 nitrogen and oxygen atoms in total. The molecule has 0 aliphatic carbocycles. The lowest BCUT2D eigenvalue weighted by molar-refractivity contribution is 0.764. The van der Waals surface area contributed by atoms with Crippen LogP contribution in [0, 0.1) is 6.92 Å². The molecule has 0 N–H and O–H groups in total. The lowest BCUT2D eigenvalue weighted by atomic mass is 10.1. The van der Waals surface area contributed by atoms with E-state index in [0.29, 0.717) is 0 Å². The molecule has 0 radical (unpaired) electrons. The topological polar surface area (TPSA) is 49.4 Å². The third kappa shape index (κ3) is 1.23. The summed E-state index contributed by atoms with van der Waals surface area (Å²) in [6, 6.07) is 8.03. The molecule has 0 spiro atoms. The first-order valence-electron chi connectivity index (χ1n) is 3.73. The minimum Gasteiger partial charge on any atom is -0.133 e. The molecule has 0 unspecified atom stereocenters. The van der Waals surface area contributed by atoms with Gasteiger partial charge in [0.1, 0.15) is 0 Å². The van der Waals surface area contributed by atoms with E-state index in [-0.39, 0.29) is 6.17 Å². The second-order valence-electron chi connectivity index (χ2n) is 2.69. The summed E-state index contributed by atoms with van der Waals surface area (Å²) in [6.07, 6.45) is -0.217. The largest absolute Gasteiger partial charge is 0.210 e. The number of hydrogen-bond acceptors (Lipinski definition) is 4. The van der Waals surface area contributed by atoms with E-state index >= 15 is 0 Å². The van der Waals surface area contributed by atoms with Crippen LogP contribution in [0.1, 0.15) is 17.3 Å². The molecule has 1 aromatic rings. The number of nitrogens with zero attached hydrogens (tertiary/aromatic N) is 4. The number of benzene rings is 1. The molecule has 0 fully saturated rings. The molecule has 12 heavy (non-hydrogen) atoms. The van der Waals surface area contributed by atoms with Crippen LogP contribution in [0.3, 0.4) is 0 Å². The summed E-state index contributed by atoms with van der Waals surface area (Å²) in [5, 5.41) is 14.5. The van der Waals surface area contributed by atoms with Crippen LogP contribution in [-0.4, -0.2) is 0 Å². The minimum absolute atomic E-state index is 0.217. The van der Waals surface area contributed by atoms with E-state index in [1.54, 1.807) is 0 Å². The van der Waals surface area contributed by atoms with Crippen molar-refractivity contribution in [3.05, 3.63) is 35.4 Å². The van der Waals surface area contributed by atoms with Gasteiger partial charge in [0.2, 0.25) is 6.17 Å². The Bertz CT molecular complexity index is 313. The summed E-state index contributed by atoms with van der Waals surface area (Å²) in [4.78, 5) is 0. The third-order valence-corrected chi connectivity index (χ3v) is 1.74. The second kappa shape index (κ2) is 2.81. The molecule has 60 valence electrons. The first kappa shape index (κ1) is 7.09. The Morgan fingerprint density at radius 2 is 1.58 bits per heavy atom. The van der Waals surface area contributed by atoms with Gasteiger partial charge < -0.3 is 0 Å². The molecule has 0 atom stereocenters. The van der Waals surface area contributed by atoms with Gasteiger partial charge in [-0.05, 0) is 17.4 Å². The van der Waals surface area contributed by atoms with Crippen molar-refractivity contribution < 1.29 is 0 Å². The van der Waals surface area contributed by atoms with Gasteiger partial charge in [0, 0.05) is 5.56 Å². The van der Waals surface area contributed by atoms with E-state index in [9.17, 15) is 0 Å². The lowest BCUT2D eigenvalue weighted by Crippen LogP contribution is -1.87. The van der Waals surface area contributed by atoms with E-state index in [1.165, 1.54) is 5.56 Å². The van der Waals surface area contributed by atoms with Gasteiger partial charge in [-0.1, -0.05) is 29.8 Å². The van der Waals surface area contributed by atoms with Gasteiger partial charge in [-0.25, -0.2) is 0 Å². The molecule has 2 rings (SSSR count). The van der Waals surface area contributed by atoms with Crippen molar-refractivity contribution in [1.29, 1.82) is 0 Å². The molecule has 1 aromatic carbocycles. The molecule has 1 aliphatic heterocycles. The van der Waals surface area contributed by atoms with E-state index in [1.807, 2.05) is 31.2 Å². The van der Waals surface area contributed by atoms with Gasteiger partial charge in [0.05, 0.1) is 0 Å². The van der Waals surface area contributed by atoms with Gasteiger partial charge in [-0.3, -0.25) is 0 Å². The number of hydrogen-bond donors (Lipinski definition) is 0. The molecule has 0 saturated heterocycles. The Kier molecular flexibility index (Phi) is 1.66. The van der Waals surface area contributed by atoms with Gasteiger partial charge in [0.25, 0.3) is 0 Å². The highest BCUT2D eigenvalue weighted by Crippen LogP contribution is 2.23. The first-order valence-corrected chi connectivity index (χ1v) is 3.73. The SMILES string of the molecule is Cc1ccc(C2N=NN=N2)cc1. The van der Waals surface area contributed by atoms with Crippen molar-refractivity contribution in [1.82, 2.24) is 0 Å². The standard InChI is InChI=1S/C8H8N4/c1-6-2-4-7(5-3-6)8-9-11-12-10-8/h2-5,8H,1H3. The molecule has 1 heterocycles. The second-order valence-corrected chi connectivity index (χ2v) is 2.69. The highest BCUT2D eigenvalue weighted by Gasteiger charge is 2.11. The Morgan fingerprint density at radius 1 is 1.00 bits per heavy atom. The lowest BCUT2D eigenvalue weighted by Gasteiger charge is -2.00. The molecule has 0 amide bonds. The van der Waals surface area contributed by atoms with Crippen LogP contribution in [0.15, 0.2) is 44.9 Å². The van der Waals surface area contributed by atoms with Crippen LogP contribution < -0.4 is 0 Å². The Morgan fingerprint density at radius 3 is 2.17 bits per heavy atom. The third-order valence-electron chi connectivity index (χ3n) is 1.74. The maximum Gasteiger partial charge on any atom is 0.210 e. The van der Waals surface area contributed by atoms with Gasteiger partial charge in [-0.2, -0.15) is 0 Å². The van der Waals surface area contributed by atoms with Crippen molar-refractivity contribution in [2.24, 2.45) is 20.7 Å². The summed E-state index contributed by atoms with van der Waals surface area (Å²) >= 11 is 0. The first-order chi connectivity index (χ1) is 5.86. The number of aryl methyl sites for hydroxylation is 1. The molecule has 0 aromatic heterocycles. The van der Waals surface area contributed by atoms with Crippen LogP contribution in [0.5, 0.6) is 0 Å². The number of rotatable bonds is 1. The van der Waals surface area contributed by atoms with E-state index in [2.05, 4.69) is 20.7 Å². The van der Waals surface area contributed by atoms with Gasteiger partial charge >= 0.3 is 0 Å². The summed E-state index contributed by atoms with van der Waals surface area (Å²) in [5.74, 6) is 0. The minimum atomic E-state index is -0.217. The summed E-state index contributed by atoms with van der Waals surface area (Å²) in [7, 11) is 0. The fourth-order valence-electron chi connectivity index (χ4n) is 1.04. The van der Waals surface area contributed by atoms with E-state index in [4.69, 9.17) is 0 Å². The fraction of sp³-hybridized carbons (Fsp3) is 0.250. The molecule has 1 aliphatic rings. The molecule has 0 saturated carbocycles. The predicted octanol–water partition coefficient (Wildman–Crippen LogP) is 2.83. The molecular formula is C8H8N4. The maximum atomic E-state index is 3.83. The van der Waals surface area contributed by atoms with Crippen LogP contribution in [0.2, 0.25) is 0 Å². The Hall–Kier alpha value is -1.58. The zero-order valence-corrected chi connectivity index (χ0v) is 6.68. The molecule has 4 heteroatoms. The van der Waals surface area contributed by atoms with Crippen LogP contribution >= 0.6 is 0 Å². The predicted molar refractivity (Wildman–Crippen MR) is 43.6 cm³/mol. The van der Waals surface area contributed by atoms with Gasteiger partial charge in [0.15, 0.2) is 0 Å². The summed E-state index contributed by atoms with van der Waals surface area (Å²) in [5.41, 5.74) is 2.26. The highest BCUT2D eigenvalue weighted by molar-refractivity contribution is 5.23. The Balaban J connectivity index is 2.29. The fourth-order valence-corrected chi connectivity index (χ4v) is 1.04. The van der Waals surface area contributed by atoms with E-state index < -0.39 is 0 Å². The van der Waals surface area contributed by atoms with Crippen LogP contribution in [-0.2, 0) is 0 Å². The zero-order chi connectivity index (χ0) is 8.39. The van der Waals surface area contributed by atoms with Crippen molar-refractivity contribution in [3.8, 4) is 0 Å². The average Bonchev–Trinajstić information content (AvgIpc) is 2.58. The van der Waals surface area contributed by atoms with E-state index in [0.717, 1.165) is 5.56 Å². The Labute approximate surface area is 70.0 Å². The quantitative estimate of drug-likeness (QED) is 0.606. The average molecular weight is 160 g/mol. The van der Waals surface area contributed by atoms with Crippen molar-refractivity contribution in [2.75, 3.05) is 0 Å². The maximum absolute atomic E-state index is 3.83.